The third-order valence-electron chi connectivity index (χ3n) is 4.50. The predicted molar refractivity (Wildman–Crippen MR) is 107 cm³/mol. The van der Waals surface area contributed by atoms with Crippen molar-refractivity contribution in [3.05, 3.63) is 90.0 Å². The van der Waals surface area contributed by atoms with Gasteiger partial charge in [0.15, 0.2) is 0 Å². The summed E-state index contributed by atoms with van der Waals surface area (Å²) < 4.78 is 0. The van der Waals surface area contributed by atoms with Crippen molar-refractivity contribution in [1.82, 2.24) is 0 Å². The Hall–Kier alpha value is -1.99. The van der Waals surface area contributed by atoms with E-state index < -0.39 is 0 Å². The van der Waals surface area contributed by atoms with Crippen LogP contribution in [0, 0.1) is 0 Å². The third-order valence-corrected chi connectivity index (χ3v) is 5.58. The molecule has 3 aromatic carbocycles. The molecular formula is C23H24S. The van der Waals surface area contributed by atoms with Crippen molar-refractivity contribution in [3.63, 3.8) is 0 Å². The van der Waals surface area contributed by atoms with E-state index in [1.165, 1.54) is 33.6 Å². The zero-order valence-electron chi connectivity index (χ0n) is 14.4. The molecule has 0 fully saturated rings. The van der Waals surface area contributed by atoms with Gasteiger partial charge in [0.2, 0.25) is 0 Å². The van der Waals surface area contributed by atoms with Crippen molar-refractivity contribution >= 4 is 11.8 Å². The monoisotopic (exact) mass is 332 g/mol. The summed E-state index contributed by atoms with van der Waals surface area (Å²) in [6.45, 7) is 4.55. The minimum absolute atomic E-state index is 0.639. The maximum atomic E-state index is 2.36. The van der Waals surface area contributed by atoms with Gasteiger partial charge in [-0.05, 0) is 46.7 Å². The maximum Gasteiger partial charge on any atom is 0.0232 e. The highest BCUT2D eigenvalue weighted by molar-refractivity contribution is 7.98. The molecule has 0 N–H and O–H groups in total. The van der Waals surface area contributed by atoms with Gasteiger partial charge in [0.25, 0.3) is 0 Å². The van der Waals surface area contributed by atoms with Gasteiger partial charge in [-0.25, -0.2) is 0 Å². The number of hydrogen-bond acceptors (Lipinski definition) is 1. The van der Waals surface area contributed by atoms with E-state index in [0.29, 0.717) is 5.92 Å². The lowest BCUT2D eigenvalue weighted by atomic mass is 9.97. The number of thioether (sulfide) groups is 1. The molecule has 122 valence electrons. The number of rotatable bonds is 6. The second kappa shape index (κ2) is 8.21. The van der Waals surface area contributed by atoms with E-state index >= 15 is 0 Å². The van der Waals surface area contributed by atoms with Gasteiger partial charge in [0.05, 0.1) is 0 Å². The van der Waals surface area contributed by atoms with E-state index in [2.05, 4.69) is 92.7 Å². The molecule has 1 heteroatoms. The molecule has 0 saturated carbocycles. The van der Waals surface area contributed by atoms with Crippen molar-refractivity contribution in [2.75, 3.05) is 0 Å². The molecule has 0 bridgehead atoms. The van der Waals surface area contributed by atoms with Crippen LogP contribution in [-0.4, -0.2) is 0 Å². The van der Waals surface area contributed by atoms with Crippen LogP contribution in [0.15, 0.2) is 83.8 Å². The van der Waals surface area contributed by atoms with Gasteiger partial charge in [-0.1, -0.05) is 80.6 Å². The Balaban J connectivity index is 1.65. The molecule has 0 spiro atoms. The van der Waals surface area contributed by atoms with Crippen molar-refractivity contribution in [2.24, 2.45) is 0 Å². The molecule has 0 aliphatic rings. The zero-order chi connectivity index (χ0) is 16.8. The molecule has 0 radical (unpaired) electrons. The van der Waals surface area contributed by atoms with Gasteiger partial charge >= 0.3 is 0 Å². The standard InChI is InChI=1S/C23H24S/c1-3-18(2)22-11-7-8-19(16-22)17-24-23-14-12-21(13-15-23)20-9-5-4-6-10-20/h4-16,18H,3,17H2,1-2H3. The Morgan fingerprint density at radius 1 is 0.792 bits per heavy atom. The lowest BCUT2D eigenvalue weighted by Gasteiger charge is -2.11. The van der Waals surface area contributed by atoms with Crippen LogP contribution in [-0.2, 0) is 5.75 Å². The van der Waals surface area contributed by atoms with E-state index in [1.54, 1.807) is 0 Å². The molecule has 0 heterocycles. The van der Waals surface area contributed by atoms with E-state index in [1.807, 2.05) is 11.8 Å². The van der Waals surface area contributed by atoms with E-state index in [9.17, 15) is 0 Å². The summed E-state index contributed by atoms with van der Waals surface area (Å²) in [4.78, 5) is 1.32. The third kappa shape index (κ3) is 4.30. The van der Waals surface area contributed by atoms with Gasteiger partial charge in [0, 0.05) is 10.6 Å². The number of hydrogen-bond donors (Lipinski definition) is 0. The normalized spacial score (nSPS) is 12.1. The van der Waals surface area contributed by atoms with Crippen molar-refractivity contribution in [1.29, 1.82) is 0 Å². The van der Waals surface area contributed by atoms with Gasteiger partial charge in [-0.3, -0.25) is 0 Å². The molecule has 0 nitrogen and oxygen atoms in total. The van der Waals surface area contributed by atoms with Crippen LogP contribution in [0.3, 0.4) is 0 Å². The fourth-order valence-electron chi connectivity index (χ4n) is 2.77. The summed E-state index contributed by atoms with van der Waals surface area (Å²) in [6, 6.07) is 28.5. The predicted octanol–water partition coefficient (Wildman–Crippen LogP) is 7.16. The first-order valence-electron chi connectivity index (χ1n) is 8.63. The highest BCUT2D eigenvalue weighted by atomic mass is 32.2. The Bertz CT molecular complexity index is 760. The molecule has 3 aromatic rings. The molecular weight excluding hydrogens is 308 g/mol. The smallest absolute Gasteiger partial charge is 0.0232 e. The van der Waals surface area contributed by atoms with E-state index in [-0.39, 0.29) is 0 Å². The molecule has 3 rings (SSSR count). The van der Waals surface area contributed by atoms with Gasteiger partial charge in [-0.15, -0.1) is 11.8 Å². The Kier molecular flexibility index (Phi) is 5.77. The lowest BCUT2D eigenvalue weighted by Crippen LogP contribution is -1.92. The van der Waals surface area contributed by atoms with E-state index in [0.717, 1.165) is 5.75 Å². The minimum Gasteiger partial charge on any atom is -0.121 e. The summed E-state index contributed by atoms with van der Waals surface area (Å²) in [6.07, 6.45) is 1.19. The average Bonchev–Trinajstić information content (AvgIpc) is 2.67. The first-order chi connectivity index (χ1) is 11.8. The molecule has 1 atom stereocenters. The van der Waals surface area contributed by atoms with Crippen LogP contribution >= 0.6 is 11.8 Å². The maximum absolute atomic E-state index is 2.36. The molecule has 0 aromatic heterocycles. The Morgan fingerprint density at radius 2 is 1.50 bits per heavy atom. The van der Waals surface area contributed by atoms with Gasteiger partial charge in [0.1, 0.15) is 0 Å². The largest absolute Gasteiger partial charge is 0.121 e. The van der Waals surface area contributed by atoms with Crippen molar-refractivity contribution in [2.45, 2.75) is 36.8 Å². The second-order valence-corrected chi connectivity index (χ2v) is 7.28. The molecule has 0 saturated heterocycles. The van der Waals surface area contributed by atoms with Gasteiger partial charge < -0.3 is 0 Å². The van der Waals surface area contributed by atoms with Crippen LogP contribution < -0.4 is 0 Å². The fourth-order valence-corrected chi connectivity index (χ4v) is 3.61. The Labute approximate surface area is 149 Å². The van der Waals surface area contributed by atoms with Crippen LogP contribution in [0.1, 0.15) is 37.3 Å². The lowest BCUT2D eigenvalue weighted by molar-refractivity contribution is 0.733. The second-order valence-electron chi connectivity index (χ2n) is 6.23. The van der Waals surface area contributed by atoms with E-state index in [4.69, 9.17) is 0 Å². The fraction of sp³-hybridized carbons (Fsp3) is 0.217. The first kappa shape index (κ1) is 16.9. The molecule has 0 aliphatic carbocycles. The molecule has 24 heavy (non-hydrogen) atoms. The number of benzene rings is 3. The van der Waals surface area contributed by atoms with Crippen LogP contribution in [0.25, 0.3) is 11.1 Å². The highest BCUT2D eigenvalue weighted by Crippen LogP contribution is 2.28. The highest BCUT2D eigenvalue weighted by Gasteiger charge is 2.04. The topological polar surface area (TPSA) is 0 Å². The average molecular weight is 333 g/mol. The summed E-state index contributed by atoms with van der Waals surface area (Å²) >= 11 is 1.91. The molecule has 0 amide bonds. The van der Waals surface area contributed by atoms with Crippen LogP contribution in [0.5, 0.6) is 0 Å². The quantitative estimate of drug-likeness (QED) is 0.431. The molecule has 0 aliphatic heterocycles. The Morgan fingerprint density at radius 3 is 2.21 bits per heavy atom. The van der Waals surface area contributed by atoms with Crippen LogP contribution in [0.4, 0.5) is 0 Å². The summed E-state index contributed by atoms with van der Waals surface area (Å²) in [5, 5.41) is 0. The minimum atomic E-state index is 0.639. The van der Waals surface area contributed by atoms with Crippen LogP contribution in [0.2, 0.25) is 0 Å². The first-order valence-corrected chi connectivity index (χ1v) is 9.62. The van der Waals surface area contributed by atoms with Crippen molar-refractivity contribution in [3.8, 4) is 11.1 Å². The summed E-state index contributed by atoms with van der Waals surface area (Å²) in [7, 11) is 0. The molecule has 1 unspecified atom stereocenters. The summed E-state index contributed by atoms with van der Waals surface area (Å²) in [5.74, 6) is 1.66. The SMILES string of the molecule is CCC(C)c1cccc(CSc2ccc(-c3ccccc3)cc2)c1. The van der Waals surface area contributed by atoms with Crippen molar-refractivity contribution < 1.29 is 0 Å². The zero-order valence-corrected chi connectivity index (χ0v) is 15.2. The van der Waals surface area contributed by atoms with Gasteiger partial charge in [-0.2, -0.15) is 0 Å². The summed E-state index contributed by atoms with van der Waals surface area (Å²) in [5.41, 5.74) is 5.41.